The van der Waals surface area contributed by atoms with E-state index in [1.54, 1.807) is 26.8 Å². The number of amides is 1. The zero-order valence-electron chi connectivity index (χ0n) is 14.9. The van der Waals surface area contributed by atoms with E-state index in [1.807, 2.05) is 0 Å². The van der Waals surface area contributed by atoms with Gasteiger partial charge in [0.1, 0.15) is 15.7 Å². The Morgan fingerprint density at radius 3 is 2.59 bits per heavy atom. The third-order valence-electron chi connectivity index (χ3n) is 3.48. The van der Waals surface area contributed by atoms with E-state index in [0.717, 1.165) is 0 Å². The number of hydrogen-bond acceptors (Lipinski definition) is 5. The van der Waals surface area contributed by atoms with E-state index in [4.69, 9.17) is 21.1 Å². The van der Waals surface area contributed by atoms with E-state index < -0.39 is 42.0 Å². The average Bonchev–Trinajstić information content (AvgIpc) is 2.46. The van der Waals surface area contributed by atoms with Crippen LogP contribution in [0, 0.1) is 0 Å². The Morgan fingerprint density at radius 2 is 2.04 bits per heavy atom. The number of carbonyl (C=O) groups is 1. The van der Waals surface area contributed by atoms with Crippen LogP contribution in [0.25, 0.3) is 0 Å². The summed E-state index contributed by atoms with van der Waals surface area (Å²) in [6.45, 7) is 6.28. The number of ether oxygens (including phenoxy) is 2. The summed E-state index contributed by atoms with van der Waals surface area (Å²) in [7, 11) is 0. The molecule has 1 N–H and O–H groups in total. The maximum Gasteiger partial charge on any atom is 0.425 e. The van der Waals surface area contributed by atoms with E-state index in [9.17, 15) is 18.0 Å². The SMILES string of the molecule is CC(C)(C)OC(=O)NC1=NC(C)(c2nc(Br)ccc2Cl)CC(C(F)(F)F)O1. The van der Waals surface area contributed by atoms with Gasteiger partial charge in [-0.05, 0) is 55.8 Å². The number of alkyl carbamates (subject to hydrolysis) is 1. The smallest absolute Gasteiger partial charge is 0.425 e. The Hall–Kier alpha value is -1.55. The number of rotatable bonds is 1. The van der Waals surface area contributed by atoms with Gasteiger partial charge in [-0.2, -0.15) is 13.2 Å². The molecule has 2 unspecified atom stereocenters. The molecule has 1 aliphatic heterocycles. The molecule has 0 radical (unpaired) electrons. The highest BCUT2D eigenvalue weighted by atomic mass is 79.9. The van der Waals surface area contributed by atoms with Gasteiger partial charge in [0.25, 0.3) is 6.02 Å². The topological polar surface area (TPSA) is 72.8 Å². The van der Waals surface area contributed by atoms with Crippen molar-refractivity contribution in [2.24, 2.45) is 4.99 Å². The van der Waals surface area contributed by atoms with E-state index >= 15 is 0 Å². The molecule has 0 aliphatic carbocycles. The summed E-state index contributed by atoms with van der Waals surface area (Å²) < 4.78 is 50.4. The van der Waals surface area contributed by atoms with Crippen LogP contribution in [0.3, 0.4) is 0 Å². The minimum absolute atomic E-state index is 0.125. The van der Waals surface area contributed by atoms with Gasteiger partial charge in [-0.3, -0.25) is 0 Å². The van der Waals surface area contributed by atoms with Gasteiger partial charge in [-0.1, -0.05) is 11.6 Å². The molecule has 2 heterocycles. The zero-order chi connectivity index (χ0) is 20.6. The highest BCUT2D eigenvalue weighted by Gasteiger charge is 2.51. The Bertz CT molecular complexity index is 768. The van der Waals surface area contributed by atoms with Crippen molar-refractivity contribution in [3.05, 3.63) is 27.5 Å². The first-order valence-electron chi connectivity index (χ1n) is 7.85. The molecule has 150 valence electrons. The molecule has 0 bridgehead atoms. The van der Waals surface area contributed by atoms with Gasteiger partial charge in [0, 0.05) is 6.42 Å². The van der Waals surface area contributed by atoms with Gasteiger partial charge < -0.3 is 9.47 Å². The maximum absolute atomic E-state index is 13.4. The quantitative estimate of drug-likeness (QED) is 0.587. The maximum atomic E-state index is 13.4. The normalized spacial score (nSPS) is 23.3. The van der Waals surface area contributed by atoms with Crippen LogP contribution < -0.4 is 5.32 Å². The zero-order valence-corrected chi connectivity index (χ0v) is 17.3. The van der Waals surface area contributed by atoms with Crippen LogP contribution in [0.1, 0.15) is 39.8 Å². The molecule has 0 aromatic carbocycles. The van der Waals surface area contributed by atoms with Crippen LogP contribution in [-0.2, 0) is 15.0 Å². The van der Waals surface area contributed by atoms with Crippen LogP contribution in [0.5, 0.6) is 0 Å². The summed E-state index contributed by atoms with van der Waals surface area (Å²) in [5.74, 6) is 0. The van der Waals surface area contributed by atoms with Crippen LogP contribution in [0.4, 0.5) is 18.0 Å². The number of aliphatic imine (C=N–C) groups is 1. The monoisotopic (exact) mass is 471 g/mol. The number of aromatic nitrogens is 1. The molecule has 1 aliphatic rings. The molecule has 0 spiro atoms. The van der Waals surface area contributed by atoms with E-state index in [0.29, 0.717) is 4.60 Å². The van der Waals surface area contributed by atoms with Crippen molar-refractivity contribution in [1.82, 2.24) is 10.3 Å². The molecule has 1 aromatic heterocycles. The van der Waals surface area contributed by atoms with Crippen molar-refractivity contribution < 1.29 is 27.4 Å². The molecular weight excluding hydrogens is 455 g/mol. The van der Waals surface area contributed by atoms with E-state index in [2.05, 4.69) is 31.2 Å². The summed E-state index contributed by atoms with van der Waals surface area (Å²) in [4.78, 5) is 20.2. The van der Waals surface area contributed by atoms with Crippen molar-refractivity contribution in [2.75, 3.05) is 0 Å². The minimum Gasteiger partial charge on any atom is -0.452 e. The number of alkyl halides is 3. The first-order chi connectivity index (χ1) is 12.2. The predicted molar refractivity (Wildman–Crippen MR) is 96.6 cm³/mol. The van der Waals surface area contributed by atoms with Gasteiger partial charge in [-0.15, -0.1) is 0 Å². The van der Waals surface area contributed by atoms with E-state index in [-0.39, 0.29) is 10.7 Å². The highest BCUT2D eigenvalue weighted by molar-refractivity contribution is 9.10. The lowest BCUT2D eigenvalue weighted by atomic mass is 9.89. The van der Waals surface area contributed by atoms with Crippen LogP contribution in [-0.4, -0.2) is 35.0 Å². The number of carbonyl (C=O) groups excluding carboxylic acids is 1. The fraction of sp³-hybridized carbons (Fsp3) is 0.562. The third-order valence-corrected chi connectivity index (χ3v) is 4.23. The molecule has 0 fully saturated rings. The molecule has 6 nitrogen and oxygen atoms in total. The molecule has 1 amide bonds. The van der Waals surface area contributed by atoms with Gasteiger partial charge in [0.15, 0.2) is 6.10 Å². The first kappa shape index (κ1) is 21.7. The Morgan fingerprint density at radius 1 is 1.41 bits per heavy atom. The standard InChI is InChI=1S/C16H18BrClF3N3O3/c1-14(2,3)27-13(25)23-12-24-15(4,7-9(26-12)16(19,20)21)11-8(18)5-6-10(17)22-11/h5-6,9H,7H2,1-4H3,(H,23,24,25). The molecule has 2 rings (SSSR count). The number of halogens is 5. The number of hydrogen-bond donors (Lipinski definition) is 1. The highest BCUT2D eigenvalue weighted by Crippen LogP contribution is 2.41. The molecule has 27 heavy (non-hydrogen) atoms. The molecule has 0 saturated heterocycles. The van der Waals surface area contributed by atoms with Crippen molar-refractivity contribution in [1.29, 1.82) is 0 Å². The largest absolute Gasteiger partial charge is 0.452 e. The first-order valence-corrected chi connectivity index (χ1v) is 9.02. The predicted octanol–water partition coefficient (Wildman–Crippen LogP) is 4.94. The lowest BCUT2D eigenvalue weighted by Gasteiger charge is -2.36. The lowest BCUT2D eigenvalue weighted by Crippen LogP contribution is -2.49. The minimum atomic E-state index is -4.68. The van der Waals surface area contributed by atoms with Gasteiger partial charge in [-0.25, -0.2) is 20.1 Å². The Balaban J connectivity index is 2.42. The Labute approximate surface area is 167 Å². The second-order valence-electron chi connectivity index (χ2n) is 7.13. The molecule has 0 saturated carbocycles. The fourth-order valence-electron chi connectivity index (χ4n) is 2.41. The van der Waals surface area contributed by atoms with Crippen molar-refractivity contribution >= 4 is 39.6 Å². The second kappa shape index (κ2) is 7.46. The summed E-state index contributed by atoms with van der Waals surface area (Å²) >= 11 is 9.30. The van der Waals surface area contributed by atoms with Crippen molar-refractivity contribution in [2.45, 2.75) is 57.5 Å². The van der Waals surface area contributed by atoms with Crippen molar-refractivity contribution in [3.63, 3.8) is 0 Å². The number of nitrogens with one attached hydrogen (secondary N) is 1. The lowest BCUT2D eigenvalue weighted by molar-refractivity contribution is -0.208. The Kier molecular flexibility index (Phi) is 6.01. The average molecular weight is 473 g/mol. The molecule has 1 aromatic rings. The molecular formula is C16H18BrClF3N3O3. The second-order valence-corrected chi connectivity index (χ2v) is 8.35. The van der Waals surface area contributed by atoms with Gasteiger partial charge >= 0.3 is 12.3 Å². The number of nitrogens with zero attached hydrogens (tertiary/aromatic N) is 2. The third kappa shape index (κ3) is 5.71. The molecule has 11 heteroatoms. The summed E-state index contributed by atoms with van der Waals surface area (Å²) in [6, 6.07) is 2.44. The van der Waals surface area contributed by atoms with Crippen molar-refractivity contribution in [3.8, 4) is 0 Å². The van der Waals surface area contributed by atoms with Crippen LogP contribution in [0.15, 0.2) is 21.7 Å². The fourth-order valence-corrected chi connectivity index (χ4v) is 3.03. The van der Waals surface area contributed by atoms with Crippen LogP contribution >= 0.6 is 27.5 Å². The summed E-state index contributed by atoms with van der Waals surface area (Å²) in [5, 5.41) is 2.26. The number of pyridine rings is 1. The summed E-state index contributed by atoms with van der Waals surface area (Å²) in [6.07, 6.45) is -8.43. The van der Waals surface area contributed by atoms with E-state index in [1.165, 1.54) is 13.0 Å². The molecule has 2 atom stereocenters. The number of amidine groups is 1. The van der Waals surface area contributed by atoms with Gasteiger partial charge in [0.05, 0.1) is 10.7 Å². The summed E-state index contributed by atoms with van der Waals surface area (Å²) in [5.41, 5.74) is -2.20. The van der Waals surface area contributed by atoms with Gasteiger partial charge in [0.2, 0.25) is 0 Å². The van der Waals surface area contributed by atoms with Crippen LogP contribution in [0.2, 0.25) is 5.02 Å².